The van der Waals surface area contributed by atoms with Crippen molar-refractivity contribution < 1.29 is 14.4 Å². The molecule has 0 bridgehead atoms. The molecule has 0 aliphatic carbocycles. The van der Waals surface area contributed by atoms with Crippen molar-refractivity contribution in [1.29, 1.82) is 0 Å². The minimum Gasteiger partial charge on any atom is -0.463 e. The van der Waals surface area contributed by atoms with Crippen molar-refractivity contribution in [2.24, 2.45) is 0 Å². The van der Waals surface area contributed by atoms with Crippen LogP contribution in [0.25, 0.3) is 0 Å². The lowest BCUT2D eigenvalue weighted by Gasteiger charge is -2.19. The zero-order chi connectivity index (χ0) is 11.2. The van der Waals surface area contributed by atoms with Gasteiger partial charge >= 0.3 is 5.97 Å². The van der Waals surface area contributed by atoms with Crippen molar-refractivity contribution in [3.63, 3.8) is 0 Å². The van der Waals surface area contributed by atoms with Crippen LogP contribution in [0.4, 0.5) is 0 Å². The summed E-state index contributed by atoms with van der Waals surface area (Å²) in [4.78, 5) is 16.3. The van der Waals surface area contributed by atoms with Crippen LogP contribution in [0.5, 0.6) is 0 Å². The summed E-state index contributed by atoms with van der Waals surface area (Å²) in [7, 11) is 0. The van der Waals surface area contributed by atoms with Crippen LogP contribution in [0, 0.1) is 0 Å². The molecular weight excluding hydrogens is 182 g/mol. The normalized spacial score (nSPS) is 11.1. The van der Waals surface area contributed by atoms with E-state index in [1.165, 1.54) is 0 Å². The van der Waals surface area contributed by atoms with Gasteiger partial charge in [-0.15, -0.1) is 0 Å². The molecule has 0 atom stereocenters. The first-order chi connectivity index (χ1) is 6.37. The molecule has 0 aliphatic heterocycles. The van der Waals surface area contributed by atoms with Crippen LogP contribution >= 0.6 is 0 Å². The van der Waals surface area contributed by atoms with E-state index in [0.29, 0.717) is 12.2 Å². The van der Waals surface area contributed by atoms with Gasteiger partial charge in [0.15, 0.2) is 0 Å². The van der Waals surface area contributed by atoms with E-state index in [2.05, 4.69) is 12.1 Å². The number of rotatable bonds is 5. The van der Waals surface area contributed by atoms with Gasteiger partial charge in [0.2, 0.25) is 0 Å². The number of hydroxylamine groups is 1. The zero-order valence-corrected chi connectivity index (χ0v) is 9.35. The SMILES string of the molecule is C=C(CNOC(C)(C)C)C(=O)OCC. The number of ether oxygens (including phenoxy) is 1. The summed E-state index contributed by atoms with van der Waals surface area (Å²) >= 11 is 0. The van der Waals surface area contributed by atoms with Crippen LogP contribution in [0.3, 0.4) is 0 Å². The Bertz CT molecular complexity index is 206. The van der Waals surface area contributed by atoms with Gasteiger partial charge in [-0.05, 0) is 27.7 Å². The predicted molar refractivity (Wildman–Crippen MR) is 54.6 cm³/mol. The number of nitrogens with one attached hydrogen (secondary N) is 1. The van der Waals surface area contributed by atoms with E-state index >= 15 is 0 Å². The van der Waals surface area contributed by atoms with E-state index in [-0.39, 0.29) is 12.1 Å². The fourth-order valence-corrected chi connectivity index (χ4v) is 0.645. The lowest BCUT2D eigenvalue weighted by Crippen LogP contribution is -2.31. The first kappa shape index (κ1) is 13.1. The van der Waals surface area contributed by atoms with Gasteiger partial charge in [0.25, 0.3) is 0 Å². The summed E-state index contributed by atoms with van der Waals surface area (Å²) in [5.41, 5.74) is 2.74. The molecule has 0 saturated heterocycles. The summed E-state index contributed by atoms with van der Waals surface area (Å²) in [6.07, 6.45) is 0. The maximum Gasteiger partial charge on any atom is 0.334 e. The van der Waals surface area contributed by atoms with Crippen molar-refractivity contribution in [1.82, 2.24) is 5.48 Å². The molecule has 82 valence electrons. The topological polar surface area (TPSA) is 47.6 Å². The minimum absolute atomic E-state index is 0.274. The Morgan fingerprint density at radius 2 is 2.00 bits per heavy atom. The van der Waals surface area contributed by atoms with E-state index in [9.17, 15) is 4.79 Å². The van der Waals surface area contributed by atoms with Crippen LogP contribution in [-0.4, -0.2) is 24.7 Å². The average molecular weight is 201 g/mol. The Hall–Kier alpha value is -0.870. The fraction of sp³-hybridized carbons (Fsp3) is 0.700. The summed E-state index contributed by atoms with van der Waals surface area (Å²) in [5, 5.41) is 0. The molecule has 0 heterocycles. The van der Waals surface area contributed by atoms with Gasteiger partial charge in [-0.25, -0.2) is 4.79 Å². The van der Waals surface area contributed by atoms with Crippen LogP contribution in [-0.2, 0) is 14.4 Å². The standard InChI is InChI=1S/C10H19NO3/c1-6-13-9(12)8(2)7-11-14-10(3,4)5/h11H,2,6-7H2,1,3-5H3. The quantitative estimate of drug-likeness (QED) is 0.415. The highest BCUT2D eigenvalue weighted by Gasteiger charge is 2.12. The smallest absolute Gasteiger partial charge is 0.334 e. The largest absolute Gasteiger partial charge is 0.463 e. The molecule has 4 heteroatoms. The second-order valence-corrected chi connectivity index (χ2v) is 3.86. The molecule has 0 spiro atoms. The highest BCUT2D eigenvalue weighted by molar-refractivity contribution is 5.88. The van der Waals surface area contributed by atoms with Crippen molar-refractivity contribution >= 4 is 5.97 Å². The van der Waals surface area contributed by atoms with Crippen molar-refractivity contribution in [3.05, 3.63) is 12.2 Å². The molecule has 0 aromatic heterocycles. The van der Waals surface area contributed by atoms with Crippen molar-refractivity contribution in [2.75, 3.05) is 13.2 Å². The van der Waals surface area contributed by atoms with Crippen molar-refractivity contribution in [2.45, 2.75) is 33.3 Å². The highest BCUT2D eigenvalue weighted by atomic mass is 16.7. The third-order valence-corrected chi connectivity index (χ3v) is 1.23. The third kappa shape index (κ3) is 6.62. The lowest BCUT2D eigenvalue weighted by atomic mass is 10.2. The molecular formula is C10H19NO3. The Balaban J connectivity index is 3.70. The monoisotopic (exact) mass is 201 g/mol. The predicted octanol–water partition coefficient (Wildman–Crippen LogP) is 1.43. The minimum atomic E-state index is -0.391. The van der Waals surface area contributed by atoms with Crippen LogP contribution in [0.2, 0.25) is 0 Å². The zero-order valence-electron chi connectivity index (χ0n) is 9.35. The van der Waals surface area contributed by atoms with Crippen LogP contribution in [0.15, 0.2) is 12.2 Å². The molecule has 0 aromatic rings. The molecule has 4 nitrogen and oxygen atoms in total. The summed E-state index contributed by atoms with van der Waals surface area (Å²) in [5.74, 6) is -0.391. The maximum absolute atomic E-state index is 11.1. The third-order valence-electron chi connectivity index (χ3n) is 1.23. The molecule has 0 rings (SSSR count). The molecule has 0 radical (unpaired) electrons. The van der Waals surface area contributed by atoms with Gasteiger partial charge in [0.1, 0.15) is 0 Å². The van der Waals surface area contributed by atoms with Crippen molar-refractivity contribution in [3.8, 4) is 0 Å². The van der Waals surface area contributed by atoms with Gasteiger partial charge < -0.3 is 4.74 Å². The Kier molecular flexibility index (Phi) is 5.42. The van der Waals surface area contributed by atoms with E-state index in [4.69, 9.17) is 9.57 Å². The lowest BCUT2D eigenvalue weighted by molar-refractivity contribution is -0.139. The molecule has 0 aromatic carbocycles. The molecule has 0 amide bonds. The van der Waals surface area contributed by atoms with Gasteiger partial charge in [-0.2, -0.15) is 5.48 Å². The van der Waals surface area contributed by atoms with E-state index in [1.807, 2.05) is 20.8 Å². The summed E-state index contributed by atoms with van der Waals surface area (Å²) in [6, 6.07) is 0. The maximum atomic E-state index is 11.1. The van der Waals surface area contributed by atoms with Gasteiger partial charge in [-0.3, -0.25) is 4.84 Å². The molecule has 1 N–H and O–H groups in total. The number of esters is 1. The number of hydrogen-bond acceptors (Lipinski definition) is 4. The number of carbonyl (C=O) groups excluding carboxylic acids is 1. The van der Waals surface area contributed by atoms with Gasteiger partial charge in [-0.1, -0.05) is 6.58 Å². The Morgan fingerprint density at radius 1 is 1.43 bits per heavy atom. The summed E-state index contributed by atoms with van der Waals surface area (Å²) < 4.78 is 4.75. The molecule has 14 heavy (non-hydrogen) atoms. The van der Waals surface area contributed by atoms with E-state index in [1.54, 1.807) is 6.92 Å². The first-order valence-corrected chi connectivity index (χ1v) is 4.62. The van der Waals surface area contributed by atoms with E-state index in [0.717, 1.165) is 0 Å². The fourth-order valence-electron chi connectivity index (χ4n) is 0.645. The summed E-state index contributed by atoms with van der Waals surface area (Å²) in [6.45, 7) is 11.7. The average Bonchev–Trinajstić information content (AvgIpc) is 2.02. The first-order valence-electron chi connectivity index (χ1n) is 4.62. The highest BCUT2D eigenvalue weighted by Crippen LogP contribution is 2.04. The Morgan fingerprint density at radius 3 is 2.43 bits per heavy atom. The van der Waals surface area contributed by atoms with Crippen LogP contribution in [0.1, 0.15) is 27.7 Å². The van der Waals surface area contributed by atoms with Crippen LogP contribution < -0.4 is 5.48 Å². The van der Waals surface area contributed by atoms with E-state index < -0.39 is 5.97 Å². The molecule has 0 saturated carbocycles. The Labute approximate surface area is 85.2 Å². The second-order valence-electron chi connectivity index (χ2n) is 3.86. The van der Waals surface area contributed by atoms with Gasteiger partial charge in [0.05, 0.1) is 18.8 Å². The molecule has 0 aliphatic rings. The molecule has 0 fully saturated rings. The van der Waals surface area contributed by atoms with Gasteiger partial charge in [0, 0.05) is 5.57 Å². The second kappa shape index (κ2) is 5.78. The number of carbonyl (C=O) groups is 1. The number of hydrogen-bond donors (Lipinski definition) is 1. The molecule has 0 unspecified atom stereocenters.